The molecule has 4 N–H and O–H groups in total. The number of amides is 4. The molecule has 62 heavy (non-hydrogen) atoms. The lowest BCUT2D eigenvalue weighted by Gasteiger charge is -2.63. The zero-order valence-corrected chi connectivity index (χ0v) is 38.2. The van der Waals surface area contributed by atoms with Gasteiger partial charge >= 0.3 is 0 Å². The number of carbonyl (C=O) groups excluding carboxylic acids is 4. The van der Waals surface area contributed by atoms with Gasteiger partial charge in [0.25, 0.3) is 5.91 Å². The van der Waals surface area contributed by atoms with Crippen molar-refractivity contribution in [1.29, 1.82) is 5.26 Å². The first kappa shape index (κ1) is 48.2. The number of nitrogens with zero attached hydrogens (tertiary/aromatic N) is 2. The lowest BCUT2D eigenvalue weighted by atomic mass is 9.49. The van der Waals surface area contributed by atoms with Gasteiger partial charge in [-0.3, -0.25) is 19.2 Å². The molecule has 1 heterocycles. The Morgan fingerprint density at radius 2 is 1.55 bits per heavy atom. The molecule has 4 amide bonds. The van der Waals surface area contributed by atoms with Crippen molar-refractivity contribution in [3.8, 4) is 17.6 Å². The quantitative estimate of drug-likeness (QED) is 0.104. The second-order valence-electron chi connectivity index (χ2n) is 18.5. The lowest BCUT2D eigenvalue weighted by molar-refractivity contribution is -0.164. The number of hydrogen-bond acceptors (Lipinski definition) is 9. The van der Waals surface area contributed by atoms with Crippen LogP contribution < -0.4 is 25.4 Å². The number of β-amino-alcohol motifs (C(OH)–C–C–N with tert-alkyl or cyclic N) is 1. The zero-order valence-electron chi connectivity index (χ0n) is 36.7. The van der Waals surface area contributed by atoms with Crippen LogP contribution in [-0.4, -0.2) is 90.3 Å². The predicted molar refractivity (Wildman–Crippen MR) is 237 cm³/mol. The van der Waals surface area contributed by atoms with Crippen molar-refractivity contribution < 1.29 is 38.5 Å². The normalized spacial score (nSPS) is 21.1. The monoisotopic (exact) mass is 891 g/mol. The van der Waals surface area contributed by atoms with Crippen molar-refractivity contribution >= 4 is 46.8 Å². The summed E-state index contributed by atoms with van der Waals surface area (Å²) in [6.07, 6.45) is 0.244. The molecule has 15 heteroatoms. The van der Waals surface area contributed by atoms with Crippen molar-refractivity contribution in [2.75, 3.05) is 26.4 Å². The molecule has 0 bridgehead atoms. The minimum absolute atomic E-state index is 0.0265. The third-order valence-corrected chi connectivity index (χ3v) is 12.3. The number of ether oxygens (including phenoxy) is 3. The van der Waals surface area contributed by atoms with Crippen LogP contribution in [0.2, 0.25) is 10.0 Å². The summed E-state index contributed by atoms with van der Waals surface area (Å²) in [5.41, 5.74) is 0.222. The second kappa shape index (κ2) is 20.1. The van der Waals surface area contributed by atoms with Gasteiger partial charge in [0.2, 0.25) is 17.7 Å². The van der Waals surface area contributed by atoms with Crippen molar-refractivity contribution in [3.05, 3.63) is 93.5 Å². The Kier molecular flexibility index (Phi) is 15.6. The maximum atomic E-state index is 13.9. The number of aliphatic hydroxyl groups is 1. The Balaban J connectivity index is 1.02. The Morgan fingerprint density at radius 3 is 2.16 bits per heavy atom. The molecule has 1 aliphatic carbocycles. The van der Waals surface area contributed by atoms with Gasteiger partial charge in [-0.1, -0.05) is 83.8 Å². The first-order valence-electron chi connectivity index (χ1n) is 20.9. The topological polar surface area (TPSA) is 179 Å². The number of unbranched alkanes of at least 4 members (excludes halogenated alkanes) is 1. The van der Waals surface area contributed by atoms with Crippen LogP contribution in [0.4, 0.5) is 0 Å². The van der Waals surface area contributed by atoms with Gasteiger partial charge in [0, 0.05) is 53.1 Å². The van der Waals surface area contributed by atoms with E-state index in [1.54, 1.807) is 54.6 Å². The Labute approximate surface area is 374 Å². The molecule has 0 aromatic heterocycles. The van der Waals surface area contributed by atoms with Gasteiger partial charge in [-0.05, 0) is 79.3 Å². The number of likely N-dealkylation sites (tertiary alicyclic amines) is 1. The summed E-state index contributed by atoms with van der Waals surface area (Å²) < 4.78 is 17.8. The Hall–Kier alpha value is -4.87. The van der Waals surface area contributed by atoms with Crippen LogP contribution in [0.3, 0.4) is 0 Å². The molecule has 3 aromatic rings. The van der Waals surface area contributed by atoms with E-state index in [1.165, 1.54) is 4.90 Å². The van der Waals surface area contributed by atoms with E-state index in [1.807, 2.05) is 39.8 Å². The number of hydrogen-bond donors (Lipinski definition) is 4. The molecule has 1 aliphatic heterocycles. The van der Waals surface area contributed by atoms with E-state index >= 15 is 0 Å². The maximum absolute atomic E-state index is 13.9. The number of benzene rings is 3. The maximum Gasteiger partial charge on any atom is 0.251 e. The van der Waals surface area contributed by atoms with E-state index in [4.69, 9.17) is 37.4 Å². The van der Waals surface area contributed by atoms with E-state index < -0.39 is 52.2 Å². The highest BCUT2D eigenvalue weighted by atomic mass is 35.5. The first-order chi connectivity index (χ1) is 29.1. The van der Waals surface area contributed by atoms with Crippen LogP contribution in [0.1, 0.15) is 102 Å². The van der Waals surface area contributed by atoms with Crippen molar-refractivity contribution in [1.82, 2.24) is 20.9 Å². The van der Waals surface area contributed by atoms with E-state index in [0.717, 1.165) is 5.56 Å². The van der Waals surface area contributed by atoms with Crippen LogP contribution in [0.25, 0.3) is 0 Å². The summed E-state index contributed by atoms with van der Waals surface area (Å²) in [6, 6.07) is 18.7. The number of halogens is 2. The summed E-state index contributed by atoms with van der Waals surface area (Å²) >= 11 is 12.2. The van der Waals surface area contributed by atoms with Gasteiger partial charge in [-0.15, -0.1) is 0 Å². The van der Waals surface area contributed by atoms with E-state index in [2.05, 4.69) is 49.7 Å². The number of nitriles is 1. The molecule has 13 nitrogen and oxygen atoms in total. The van der Waals surface area contributed by atoms with E-state index in [9.17, 15) is 29.5 Å². The fourth-order valence-corrected chi connectivity index (χ4v) is 8.98. The minimum Gasteiger partial charge on any atom is -0.494 e. The van der Waals surface area contributed by atoms with Gasteiger partial charge in [0.15, 0.2) is 0 Å². The van der Waals surface area contributed by atoms with Gasteiger partial charge in [0.1, 0.15) is 42.4 Å². The standard InChI is InChI=1S/C47H59Cl2N5O8/c1-28(29-11-16-32(48)17-12-29)51-41(58)37-23-33(55)26-54(37)42(59)39(45(2,3)4)52-38(56)27-60-21-9-10-22-61-34-18-13-30(14-19-34)40(57)53-43-46(5,6)44(47(43,7)8)62-35-20-15-31(25-50)36(49)24-35/h11-20,24,28,33,37,39,43-44,55H,9-10,21-23,26-27H2,1-8H3,(H,51,58)(H,52,56)(H,53,57)/t28-,33+,37-,39+,43-,44-/m0/s1. The Morgan fingerprint density at radius 1 is 0.919 bits per heavy atom. The van der Waals surface area contributed by atoms with Gasteiger partial charge in [-0.25, -0.2) is 0 Å². The zero-order chi connectivity index (χ0) is 45.6. The van der Waals surface area contributed by atoms with Crippen LogP contribution in [0.15, 0.2) is 66.7 Å². The second-order valence-corrected chi connectivity index (χ2v) is 19.3. The molecule has 0 spiro atoms. The summed E-state index contributed by atoms with van der Waals surface area (Å²) in [5, 5.41) is 29.5. The smallest absolute Gasteiger partial charge is 0.251 e. The van der Waals surface area contributed by atoms with Gasteiger partial charge < -0.3 is 40.2 Å². The first-order valence-corrected chi connectivity index (χ1v) is 21.7. The fourth-order valence-electron chi connectivity index (χ4n) is 8.64. The summed E-state index contributed by atoms with van der Waals surface area (Å²) in [4.78, 5) is 55.0. The molecule has 1 saturated heterocycles. The van der Waals surface area contributed by atoms with E-state index in [0.29, 0.717) is 52.1 Å². The van der Waals surface area contributed by atoms with Crippen molar-refractivity contribution in [2.24, 2.45) is 16.2 Å². The lowest BCUT2D eigenvalue weighted by Crippen LogP contribution is -2.74. The molecule has 2 fully saturated rings. The molecule has 0 unspecified atom stereocenters. The molecule has 5 rings (SSSR count). The molecular formula is C47H59Cl2N5O8. The third kappa shape index (κ3) is 11.6. The summed E-state index contributed by atoms with van der Waals surface area (Å²) in [5.74, 6) is -0.343. The summed E-state index contributed by atoms with van der Waals surface area (Å²) in [6.45, 7) is 15.9. The van der Waals surface area contributed by atoms with Crippen molar-refractivity contribution in [3.63, 3.8) is 0 Å². The summed E-state index contributed by atoms with van der Waals surface area (Å²) in [7, 11) is 0. The average Bonchev–Trinajstić information content (AvgIpc) is 3.61. The highest BCUT2D eigenvalue weighted by molar-refractivity contribution is 6.31. The van der Waals surface area contributed by atoms with Crippen LogP contribution in [0, 0.1) is 27.6 Å². The van der Waals surface area contributed by atoms with Gasteiger partial charge in [-0.2, -0.15) is 5.26 Å². The molecule has 0 radical (unpaired) electrons. The SMILES string of the molecule is C[C@H](NC(=O)[C@@H]1C[C@@H](O)CN1C(=O)[C@@H](NC(=O)COCCCCOc1ccc(C(=O)N[C@H]2C(C)(C)[C@H](Oc3ccc(C#N)c(Cl)c3)C2(C)C)cc1)C(C)(C)C)c1ccc(Cl)cc1. The predicted octanol–water partition coefficient (Wildman–Crippen LogP) is 7.02. The van der Waals surface area contributed by atoms with Crippen molar-refractivity contribution in [2.45, 2.75) is 111 Å². The molecule has 2 aliphatic rings. The molecule has 1 saturated carbocycles. The highest BCUT2D eigenvalue weighted by Crippen LogP contribution is 2.55. The number of rotatable bonds is 17. The van der Waals surface area contributed by atoms with Crippen LogP contribution in [-0.2, 0) is 19.1 Å². The number of aliphatic hydroxyl groups excluding tert-OH is 1. The molecule has 4 atom stereocenters. The average molecular weight is 893 g/mol. The third-order valence-electron chi connectivity index (χ3n) is 11.7. The van der Waals surface area contributed by atoms with E-state index in [-0.39, 0.29) is 50.3 Å². The fraction of sp³-hybridized carbons (Fsp3) is 0.511. The largest absolute Gasteiger partial charge is 0.494 e. The highest BCUT2D eigenvalue weighted by Gasteiger charge is 2.64. The molecule has 334 valence electrons. The van der Waals surface area contributed by atoms with Gasteiger partial charge in [0.05, 0.1) is 29.3 Å². The molecule has 3 aromatic carbocycles. The Bertz CT molecular complexity index is 2100. The van der Waals surface area contributed by atoms with Crippen LogP contribution >= 0.6 is 23.2 Å². The minimum atomic E-state index is -0.968. The van der Waals surface area contributed by atoms with Crippen LogP contribution in [0.5, 0.6) is 11.5 Å². The number of nitrogens with one attached hydrogen (secondary N) is 3. The number of carbonyl (C=O) groups is 4. The molecular weight excluding hydrogens is 833 g/mol.